The quantitative estimate of drug-likeness (QED) is 0.450. The maximum atomic E-state index is 12.4. The highest BCUT2D eigenvalue weighted by Gasteiger charge is 2.41. The van der Waals surface area contributed by atoms with Gasteiger partial charge in [-0.1, -0.05) is 43.1 Å². The summed E-state index contributed by atoms with van der Waals surface area (Å²) in [6, 6.07) is 13.1. The Morgan fingerprint density at radius 2 is 1.88 bits per heavy atom. The van der Waals surface area contributed by atoms with Gasteiger partial charge in [-0.05, 0) is 48.7 Å². The van der Waals surface area contributed by atoms with Crippen LogP contribution in [0.1, 0.15) is 68.4 Å². The number of carbonyl (C=O) groups excluding carboxylic acids is 1. The van der Waals surface area contributed by atoms with Gasteiger partial charge in [0.25, 0.3) is 0 Å². The van der Waals surface area contributed by atoms with E-state index in [1.807, 2.05) is 31.2 Å². The van der Waals surface area contributed by atoms with Gasteiger partial charge in [-0.15, -0.1) is 0 Å². The number of aliphatic hydroxyl groups is 1. The highest BCUT2D eigenvalue weighted by molar-refractivity contribution is 6.30. The number of aliphatic carboxylic acids is 1. The molecule has 2 aromatic rings. The fourth-order valence-electron chi connectivity index (χ4n) is 4.42. The van der Waals surface area contributed by atoms with Crippen LogP contribution in [0.25, 0.3) is 0 Å². The molecule has 1 aliphatic rings. The number of rotatable bonds is 10. The predicted molar refractivity (Wildman–Crippen MR) is 129 cm³/mol. The smallest absolute Gasteiger partial charge is 0.341 e. The molecule has 3 rings (SSSR count). The van der Waals surface area contributed by atoms with Gasteiger partial charge in [-0.3, -0.25) is 4.79 Å². The lowest BCUT2D eigenvalue weighted by atomic mass is 9.80. The molecule has 3 atom stereocenters. The molecule has 0 spiro atoms. The molecule has 0 unspecified atom stereocenters. The second-order valence-electron chi connectivity index (χ2n) is 8.96. The van der Waals surface area contributed by atoms with Crippen molar-refractivity contribution in [1.82, 2.24) is 5.32 Å². The normalized spacial score (nSPS) is 22.2. The summed E-state index contributed by atoms with van der Waals surface area (Å²) in [4.78, 5) is 23.6. The molecule has 3 N–H and O–H groups in total. The lowest BCUT2D eigenvalue weighted by molar-refractivity contribution is -0.139. The summed E-state index contributed by atoms with van der Waals surface area (Å²) in [7, 11) is 0. The third-order valence-electron chi connectivity index (χ3n) is 5.93. The molecule has 184 valence electrons. The Morgan fingerprint density at radius 3 is 2.53 bits per heavy atom. The van der Waals surface area contributed by atoms with Crippen LogP contribution in [0.15, 0.2) is 42.5 Å². The summed E-state index contributed by atoms with van der Waals surface area (Å²) in [6.07, 6.45) is 2.06. The molecule has 7 nitrogen and oxygen atoms in total. The Kier molecular flexibility index (Phi) is 8.94. The maximum Gasteiger partial charge on any atom is 0.341 e. The summed E-state index contributed by atoms with van der Waals surface area (Å²) >= 11 is 6.08. The fourth-order valence-corrected chi connectivity index (χ4v) is 4.55. The Bertz CT molecular complexity index is 995. The zero-order chi connectivity index (χ0) is 24.7. The third kappa shape index (κ3) is 6.95. The number of carboxylic acid groups (broad SMARTS) is 1. The highest BCUT2D eigenvalue weighted by Crippen LogP contribution is 2.46. The average Bonchev–Trinajstić information content (AvgIpc) is 2.78. The van der Waals surface area contributed by atoms with Crippen molar-refractivity contribution in [2.75, 3.05) is 13.2 Å². The van der Waals surface area contributed by atoms with E-state index in [1.54, 1.807) is 18.2 Å². The van der Waals surface area contributed by atoms with E-state index >= 15 is 0 Å². The molecule has 0 radical (unpaired) electrons. The predicted octanol–water partition coefficient (Wildman–Crippen LogP) is 4.61. The van der Waals surface area contributed by atoms with E-state index in [9.17, 15) is 14.7 Å². The summed E-state index contributed by atoms with van der Waals surface area (Å²) in [5.74, 6) is -0.844. The van der Waals surface area contributed by atoms with Crippen LogP contribution in [0, 0.1) is 0 Å². The first-order valence-electron chi connectivity index (χ1n) is 11.5. The number of carboxylic acids is 1. The van der Waals surface area contributed by atoms with Crippen LogP contribution in [-0.4, -0.2) is 40.8 Å². The van der Waals surface area contributed by atoms with Gasteiger partial charge in [-0.2, -0.15) is 0 Å². The number of aliphatic hydroxyl groups excluding tert-OH is 1. The molecule has 1 saturated heterocycles. The summed E-state index contributed by atoms with van der Waals surface area (Å²) in [5, 5.41) is 22.0. The van der Waals surface area contributed by atoms with Gasteiger partial charge in [-0.25, -0.2) is 4.79 Å². The first kappa shape index (κ1) is 26.0. The van der Waals surface area contributed by atoms with Gasteiger partial charge in [0.1, 0.15) is 5.75 Å². The minimum Gasteiger partial charge on any atom is -0.482 e. The summed E-state index contributed by atoms with van der Waals surface area (Å²) in [5.41, 5.74) is 2.16. The number of ether oxygens (including phenoxy) is 2. The number of nitrogens with one attached hydrogen (secondary N) is 1. The van der Waals surface area contributed by atoms with Gasteiger partial charge in [0.2, 0.25) is 5.91 Å². The molecule has 34 heavy (non-hydrogen) atoms. The number of hydrogen-bond donors (Lipinski definition) is 3. The first-order valence-corrected chi connectivity index (χ1v) is 11.9. The lowest BCUT2D eigenvalue weighted by Crippen LogP contribution is -2.51. The number of benzene rings is 2. The Hall–Kier alpha value is -2.61. The molecule has 1 fully saturated rings. The summed E-state index contributed by atoms with van der Waals surface area (Å²) in [6.45, 7) is 3.37. The second kappa shape index (κ2) is 11.7. The minimum absolute atomic E-state index is 0.0195. The van der Waals surface area contributed by atoms with Crippen LogP contribution in [0.4, 0.5) is 0 Å². The summed E-state index contributed by atoms with van der Waals surface area (Å²) < 4.78 is 12.2. The van der Waals surface area contributed by atoms with Gasteiger partial charge < -0.3 is 25.0 Å². The topological polar surface area (TPSA) is 105 Å². The van der Waals surface area contributed by atoms with Crippen molar-refractivity contribution in [3.8, 4) is 5.75 Å². The zero-order valence-electron chi connectivity index (χ0n) is 19.6. The molecule has 8 heteroatoms. The zero-order valence-corrected chi connectivity index (χ0v) is 20.3. The first-order chi connectivity index (χ1) is 16.2. The van der Waals surface area contributed by atoms with Gasteiger partial charge in [0, 0.05) is 35.4 Å². The van der Waals surface area contributed by atoms with Crippen LogP contribution in [0.5, 0.6) is 5.75 Å². The van der Waals surface area contributed by atoms with Crippen molar-refractivity contribution in [2.24, 2.45) is 0 Å². The Balaban J connectivity index is 2.00. The number of carbonyl (C=O) groups is 2. The van der Waals surface area contributed by atoms with Crippen molar-refractivity contribution >= 4 is 23.5 Å². The van der Waals surface area contributed by atoms with E-state index in [0.717, 1.165) is 29.5 Å². The van der Waals surface area contributed by atoms with E-state index in [-0.39, 0.29) is 25.0 Å². The van der Waals surface area contributed by atoms with Crippen LogP contribution < -0.4 is 10.1 Å². The van der Waals surface area contributed by atoms with E-state index < -0.39 is 24.2 Å². The SMILES string of the molecule is CCCc1ccc(OCC(=O)O)c([C@H]2C[C@](C)(NC(=O)CCO)C[C@@H](c3ccc(Cl)cc3)O2)c1. The Labute approximate surface area is 205 Å². The van der Waals surface area contributed by atoms with Gasteiger partial charge in [0.15, 0.2) is 6.61 Å². The van der Waals surface area contributed by atoms with Crippen LogP contribution in [-0.2, 0) is 20.7 Å². The van der Waals surface area contributed by atoms with E-state index in [1.165, 1.54) is 0 Å². The monoisotopic (exact) mass is 489 g/mol. The van der Waals surface area contributed by atoms with Crippen LogP contribution in [0.3, 0.4) is 0 Å². The van der Waals surface area contributed by atoms with Crippen molar-refractivity contribution < 1.29 is 29.3 Å². The third-order valence-corrected chi connectivity index (χ3v) is 6.19. The average molecular weight is 490 g/mol. The molecule has 2 aromatic carbocycles. The molecule has 0 bridgehead atoms. The molecular formula is C26H32ClNO6. The molecule has 1 heterocycles. The number of halogens is 1. The van der Waals surface area contributed by atoms with E-state index in [2.05, 4.69) is 12.2 Å². The standard InChI is InChI=1S/C26H32ClNO6/c1-3-4-17-5-10-21(33-16-25(31)32)20(13-17)23-15-26(2,28-24(30)11-12-29)14-22(34-23)18-6-8-19(27)9-7-18/h5-10,13,22-23,29H,3-4,11-12,14-16H2,1-2H3,(H,28,30)(H,31,32)/t22-,23+,26+/m0/s1. The van der Waals surface area contributed by atoms with Crippen LogP contribution in [0.2, 0.25) is 5.02 Å². The van der Waals surface area contributed by atoms with E-state index in [4.69, 9.17) is 26.2 Å². The van der Waals surface area contributed by atoms with Crippen molar-refractivity contribution in [3.05, 3.63) is 64.2 Å². The lowest BCUT2D eigenvalue weighted by Gasteiger charge is -2.43. The van der Waals surface area contributed by atoms with Gasteiger partial charge >= 0.3 is 5.97 Å². The minimum atomic E-state index is -1.06. The van der Waals surface area contributed by atoms with Crippen molar-refractivity contribution in [3.63, 3.8) is 0 Å². The van der Waals surface area contributed by atoms with Crippen molar-refractivity contribution in [1.29, 1.82) is 0 Å². The number of hydrogen-bond acceptors (Lipinski definition) is 5. The largest absolute Gasteiger partial charge is 0.482 e. The Morgan fingerprint density at radius 1 is 1.18 bits per heavy atom. The number of aryl methyl sites for hydroxylation is 1. The fraction of sp³-hybridized carbons (Fsp3) is 0.462. The number of amides is 1. The van der Waals surface area contributed by atoms with E-state index in [0.29, 0.717) is 23.6 Å². The molecule has 0 saturated carbocycles. The van der Waals surface area contributed by atoms with Gasteiger partial charge in [0.05, 0.1) is 18.8 Å². The molecule has 1 aliphatic heterocycles. The van der Waals surface area contributed by atoms with Crippen LogP contribution >= 0.6 is 11.6 Å². The molecule has 0 aliphatic carbocycles. The van der Waals surface area contributed by atoms with Crippen molar-refractivity contribution in [2.45, 2.75) is 63.7 Å². The maximum absolute atomic E-state index is 12.4. The second-order valence-corrected chi connectivity index (χ2v) is 9.40. The highest BCUT2D eigenvalue weighted by atomic mass is 35.5. The molecular weight excluding hydrogens is 458 g/mol. The molecule has 0 aromatic heterocycles. The molecule has 1 amide bonds.